The monoisotopic (exact) mass is 401 g/mol. The van der Waals surface area contributed by atoms with E-state index in [1.807, 2.05) is 78.9 Å². The Hall–Kier alpha value is -3.73. The minimum atomic E-state index is -0.186. The van der Waals surface area contributed by atoms with Gasteiger partial charge in [-0.3, -0.25) is 4.79 Å². The summed E-state index contributed by atoms with van der Waals surface area (Å²) in [5, 5.41) is 0.884. The average molecular weight is 401 g/mol. The summed E-state index contributed by atoms with van der Waals surface area (Å²) >= 11 is 0. The van der Waals surface area contributed by atoms with Gasteiger partial charge < -0.3 is 18.8 Å². The fraction of sp³-hybridized carbons (Fsp3) is 0.160. The van der Waals surface area contributed by atoms with Crippen LogP contribution in [0.4, 0.5) is 0 Å². The number of hydrogen-bond donors (Lipinski definition) is 0. The maximum absolute atomic E-state index is 13.2. The lowest BCUT2D eigenvalue weighted by atomic mass is 10.1. The Kier molecular flexibility index (Phi) is 5.70. The molecule has 5 nitrogen and oxygen atoms in total. The van der Waals surface area contributed by atoms with Crippen molar-refractivity contribution in [2.24, 2.45) is 0 Å². The molecule has 0 saturated heterocycles. The Morgan fingerprint density at radius 3 is 2.33 bits per heavy atom. The van der Waals surface area contributed by atoms with Gasteiger partial charge in [0.2, 0.25) is 0 Å². The molecule has 0 aliphatic carbocycles. The van der Waals surface area contributed by atoms with E-state index in [1.54, 1.807) is 19.1 Å². The van der Waals surface area contributed by atoms with Crippen LogP contribution in [0.5, 0.6) is 11.5 Å². The highest BCUT2D eigenvalue weighted by Crippen LogP contribution is 2.28. The first-order valence-corrected chi connectivity index (χ1v) is 9.72. The van der Waals surface area contributed by atoms with E-state index < -0.39 is 0 Å². The molecule has 1 aromatic heterocycles. The molecule has 3 aromatic carbocycles. The molecule has 0 radical (unpaired) electrons. The Bertz CT molecular complexity index is 1130. The zero-order valence-corrected chi connectivity index (χ0v) is 17.0. The summed E-state index contributed by atoms with van der Waals surface area (Å²) in [5.74, 6) is 1.65. The number of hydrogen-bond acceptors (Lipinski definition) is 4. The lowest BCUT2D eigenvalue weighted by molar-refractivity contribution is 0.0752. The maximum atomic E-state index is 13.2. The predicted molar refractivity (Wildman–Crippen MR) is 116 cm³/mol. The third-order valence-electron chi connectivity index (χ3n) is 4.94. The zero-order valence-electron chi connectivity index (χ0n) is 17.0. The molecule has 4 rings (SSSR count). The number of benzene rings is 3. The summed E-state index contributed by atoms with van der Waals surface area (Å²) in [6, 6.07) is 24.8. The molecule has 0 fully saturated rings. The number of carbonyl (C=O) groups excluding carboxylic acids is 1. The first-order chi connectivity index (χ1) is 14.7. The zero-order chi connectivity index (χ0) is 20.9. The van der Waals surface area contributed by atoms with Gasteiger partial charge in [-0.05, 0) is 35.9 Å². The van der Waals surface area contributed by atoms with Crippen molar-refractivity contribution in [3.8, 4) is 11.5 Å². The van der Waals surface area contributed by atoms with E-state index >= 15 is 0 Å². The minimum absolute atomic E-state index is 0.186. The van der Waals surface area contributed by atoms with E-state index in [0.717, 1.165) is 28.0 Å². The third kappa shape index (κ3) is 4.15. The number of rotatable bonds is 7. The van der Waals surface area contributed by atoms with Crippen molar-refractivity contribution in [3.63, 3.8) is 0 Å². The van der Waals surface area contributed by atoms with Crippen molar-refractivity contribution in [1.29, 1.82) is 0 Å². The first kappa shape index (κ1) is 19.6. The van der Waals surface area contributed by atoms with E-state index in [9.17, 15) is 4.79 Å². The lowest BCUT2D eigenvalue weighted by Crippen LogP contribution is -2.26. The molecule has 0 atom stereocenters. The second-order valence-electron chi connectivity index (χ2n) is 7.02. The highest BCUT2D eigenvalue weighted by Gasteiger charge is 2.24. The molecular weight excluding hydrogens is 378 g/mol. The summed E-state index contributed by atoms with van der Waals surface area (Å²) in [7, 11) is 3.40. The van der Waals surface area contributed by atoms with Gasteiger partial charge >= 0.3 is 0 Å². The van der Waals surface area contributed by atoms with Crippen molar-refractivity contribution in [1.82, 2.24) is 4.90 Å². The Morgan fingerprint density at radius 1 is 0.900 bits per heavy atom. The number of methoxy groups -OCH3 is 1. The number of nitrogens with zero attached hydrogens (tertiary/aromatic N) is 1. The molecule has 152 valence electrons. The van der Waals surface area contributed by atoms with Crippen molar-refractivity contribution < 1.29 is 18.7 Å². The Balaban J connectivity index is 1.59. The van der Waals surface area contributed by atoms with E-state index in [4.69, 9.17) is 13.9 Å². The highest BCUT2D eigenvalue weighted by molar-refractivity contribution is 5.99. The lowest BCUT2D eigenvalue weighted by Gasteiger charge is -2.17. The van der Waals surface area contributed by atoms with Crippen LogP contribution in [0.3, 0.4) is 0 Å². The fourth-order valence-corrected chi connectivity index (χ4v) is 3.34. The van der Waals surface area contributed by atoms with Crippen LogP contribution >= 0.6 is 0 Å². The summed E-state index contributed by atoms with van der Waals surface area (Å²) in [6.45, 7) is 0.706. The summed E-state index contributed by atoms with van der Waals surface area (Å²) in [4.78, 5) is 14.9. The second kappa shape index (κ2) is 8.74. The van der Waals surface area contributed by atoms with Crippen molar-refractivity contribution in [3.05, 3.63) is 95.7 Å². The van der Waals surface area contributed by atoms with Crippen LogP contribution in [-0.4, -0.2) is 25.0 Å². The van der Waals surface area contributed by atoms with Crippen molar-refractivity contribution >= 4 is 16.9 Å². The summed E-state index contributed by atoms with van der Waals surface area (Å²) in [6.07, 6.45) is 0. The van der Waals surface area contributed by atoms with E-state index in [1.165, 1.54) is 0 Å². The molecular formula is C25H23NO4. The largest absolute Gasteiger partial charge is 0.497 e. The molecule has 0 aliphatic rings. The maximum Gasteiger partial charge on any atom is 0.290 e. The predicted octanol–water partition coefficient (Wildman–Crippen LogP) is 5.29. The second-order valence-corrected chi connectivity index (χ2v) is 7.02. The molecule has 0 saturated carbocycles. The molecule has 0 bridgehead atoms. The molecule has 0 unspecified atom stereocenters. The Morgan fingerprint density at radius 2 is 1.60 bits per heavy atom. The number of amides is 1. The molecule has 0 spiro atoms. The molecule has 0 aliphatic heterocycles. The van der Waals surface area contributed by atoms with Gasteiger partial charge in [-0.25, -0.2) is 0 Å². The van der Waals surface area contributed by atoms with Crippen LogP contribution in [0, 0.1) is 0 Å². The van der Waals surface area contributed by atoms with Crippen molar-refractivity contribution in [2.45, 2.75) is 13.2 Å². The topological polar surface area (TPSA) is 51.9 Å². The van der Waals surface area contributed by atoms with E-state index in [-0.39, 0.29) is 12.5 Å². The minimum Gasteiger partial charge on any atom is -0.497 e. The standard InChI is InChI=1S/C25H23NO4/c1-26(16-18-12-14-19(28-2)15-13-18)25(27)24-22(17-29-20-8-4-3-5-9-20)21-10-6-7-11-23(21)30-24/h3-15H,16-17H2,1-2H3. The quantitative estimate of drug-likeness (QED) is 0.422. The van der Waals surface area contributed by atoms with Crippen LogP contribution in [0.15, 0.2) is 83.3 Å². The van der Waals surface area contributed by atoms with Crippen LogP contribution in [0.25, 0.3) is 11.0 Å². The number of ether oxygens (including phenoxy) is 2. The van der Waals surface area contributed by atoms with Gasteiger partial charge in [-0.1, -0.05) is 48.5 Å². The van der Waals surface area contributed by atoms with Gasteiger partial charge in [0.1, 0.15) is 23.7 Å². The molecule has 1 amide bonds. The smallest absolute Gasteiger partial charge is 0.290 e. The molecule has 30 heavy (non-hydrogen) atoms. The highest BCUT2D eigenvalue weighted by atomic mass is 16.5. The Labute approximate surface area is 175 Å². The molecule has 5 heteroatoms. The van der Waals surface area contributed by atoms with Gasteiger partial charge in [-0.2, -0.15) is 0 Å². The number of para-hydroxylation sites is 2. The summed E-state index contributed by atoms with van der Waals surface area (Å²) in [5.41, 5.74) is 2.43. The SMILES string of the molecule is COc1ccc(CN(C)C(=O)c2oc3ccccc3c2COc2ccccc2)cc1. The molecule has 0 N–H and O–H groups in total. The molecule has 4 aromatic rings. The van der Waals surface area contributed by atoms with Gasteiger partial charge in [0.05, 0.1) is 7.11 Å². The number of carbonyl (C=O) groups is 1. The van der Waals surface area contributed by atoms with Crippen LogP contribution in [0.2, 0.25) is 0 Å². The van der Waals surface area contributed by atoms with Gasteiger partial charge in [0, 0.05) is 24.5 Å². The van der Waals surface area contributed by atoms with E-state index in [0.29, 0.717) is 17.9 Å². The summed E-state index contributed by atoms with van der Waals surface area (Å²) < 4.78 is 17.1. The van der Waals surface area contributed by atoms with Gasteiger partial charge in [0.15, 0.2) is 5.76 Å². The fourth-order valence-electron chi connectivity index (χ4n) is 3.34. The first-order valence-electron chi connectivity index (χ1n) is 9.72. The van der Waals surface area contributed by atoms with Crippen LogP contribution in [0.1, 0.15) is 21.7 Å². The van der Waals surface area contributed by atoms with Crippen molar-refractivity contribution in [2.75, 3.05) is 14.2 Å². The molecule has 1 heterocycles. The number of furan rings is 1. The van der Waals surface area contributed by atoms with Gasteiger partial charge in [-0.15, -0.1) is 0 Å². The van der Waals surface area contributed by atoms with Gasteiger partial charge in [0.25, 0.3) is 5.91 Å². The van der Waals surface area contributed by atoms with E-state index in [2.05, 4.69) is 0 Å². The number of fused-ring (bicyclic) bond motifs is 1. The third-order valence-corrected chi connectivity index (χ3v) is 4.94. The average Bonchev–Trinajstić information content (AvgIpc) is 3.17. The van der Waals surface area contributed by atoms with Crippen LogP contribution in [-0.2, 0) is 13.2 Å². The normalized spacial score (nSPS) is 10.7. The van der Waals surface area contributed by atoms with Crippen LogP contribution < -0.4 is 9.47 Å².